The molecule has 0 aromatic heterocycles. The highest BCUT2D eigenvalue weighted by atomic mass is 15.2. The fourth-order valence-electron chi connectivity index (χ4n) is 6.63. The summed E-state index contributed by atoms with van der Waals surface area (Å²) in [7, 11) is 0. The topological polar surface area (TPSA) is 3.24 Å². The normalized spacial score (nSPS) is 40.5. The molecule has 152 valence electrons. The molecule has 3 aliphatic carbocycles. The predicted molar refractivity (Wildman–Crippen MR) is 114 cm³/mol. The second-order valence-corrected chi connectivity index (χ2v) is 11.7. The summed E-state index contributed by atoms with van der Waals surface area (Å²) in [5.41, 5.74) is 0.536. The molecule has 3 unspecified atom stereocenters. The van der Waals surface area contributed by atoms with Gasteiger partial charge in [-0.05, 0) is 85.9 Å². The minimum Gasteiger partial charge on any atom is -0.294 e. The highest BCUT2D eigenvalue weighted by Gasteiger charge is 2.51. The van der Waals surface area contributed by atoms with E-state index in [2.05, 4.69) is 60.3 Å². The van der Waals surface area contributed by atoms with Crippen LogP contribution in [0.25, 0.3) is 0 Å². The largest absolute Gasteiger partial charge is 0.294 e. The molecular formula is C25H47N. The lowest BCUT2D eigenvalue weighted by Gasteiger charge is -2.60. The quantitative estimate of drug-likeness (QED) is 0.471. The van der Waals surface area contributed by atoms with Crippen LogP contribution in [-0.4, -0.2) is 23.0 Å². The molecule has 0 radical (unpaired) electrons. The SMILES string of the molecule is CCC(CC)N(C1CC(C2CC(C(C)(C)C)C2)C1)C1CC(C(C)C)C1C. The van der Waals surface area contributed by atoms with Gasteiger partial charge in [-0.2, -0.15) is 0 Å². The third-order valence-corrected chi connectivity index (χ3v) is 9.04. The number of hydrogen-bond acceptors (Lipinski definition) is 1. The first-order valence-corrected chi connectivity index (χ1v) is 11.9. The zero-order valence-corrected chi connectivity index (χ0v) is 19.1. The highest BCUT2D eigenvalue weighted by Crippen LogP contribution is 2.55. The Kier molecular flexibility index (Phi) is 6.18. The molecule has 3 saturated carbocycles. The van der Waals surface area contributed by atoms with Crippen molar-refractivity contribution in [3.8, 4) is 0 Å². The van der Waals surface area contributed by atoms with Crippen molar-refractivity contribution in [1.29, 1.82) is 0 Å². The molecule has 0 heterocycles. The Hall–Kier alpha value is -0.0400. The minimum absolute atomic E-state index is 0.536. The van der Waals surface area contributed by atoms with E-state index in [4.69, 9.17) is 0 Å². The molecule has 0 aliphatic heterocycles. The summed E-state index contributed by atoms with van der Waals surface area (Å²) in [4.78, 5) is 3.04. The zero-order chi connectivity index (χ0) is 19.2. The highest BCUT2D eigenvalue weighted by molar-refractivity contribution is 5.03. The summed E-state index contributed by atoms with van der Waals surface area (Å²) < 4.78 is 0. The van der Waals surface area contributed by atoms with Crippen LogP contribution < -0.4 is 0 Å². The van der Waals surface area contributed by atoms with Crippen LogP contribution in [0.15, 0.2) is 0 Å². The first-order chi connectivity index (χ1) is 12.2. The molecule has 26 heavy (non-hydrogen) atoms. The second kappa shape index (κ2) is 7.76. The van der Waals surface area contributed by atoms with Crippen LogP contribution in [0.4, 0.5) is 0 Å². The van der Waals surface area contributed by atoms with Gasteiger partial charge >= 0.3 is 0 Å². The van der Waals surface area contributed by atoms with Gasteiger partial charge in [0.05, 0.1) is 0 Å². The van der Waals surface area contributed by atoms with E-state index in [-0.39, 0.29) is 0 Å². The third-order valence-electron chi connectivity index (χ3n) is 9.04. The van der Waals surface area contributed by atoms with Gasteiger partial charge in [0.15, 0.2) is 0 Å². The smallest absolute Gasteiger partial charge is 0.0132 e. The molecule has 0 aromatic carbocycles. The van der Waals surface area contributed by atoms with Gasteiger partial charge in [-0.3, -0.25) is 4.90 Å². The van der Waals surface area contributed by atoms with Crippen molar-refractivity contribution in [2.24, 2.45) is 40.9 Å². The van der Waals surface area contributed by atoms with Gasteiger partial charge < -0.3 is 0 Å². The van der Waals surface area contributed by atoms with Gasteiger partial charge in [0, 0.05) is 18.1 Å². The van der Waals surface area contributed by atoms with Crippen molar-refractivity contribution >= 4 is 0 Å². The van der Waals surface area contributed by atoms with Gasteiger partial charge in [-0.15, -0.1) is 0 Å². The summed E-state index contributed by atoms with van der Waals surface area (Å²) >= 11 is 0. The maximum atomic E-state index is 3.04. The fraction of sp³-hybridized carbons (Fsp3) is 1.00. The molecule has 0 spiro atoms. The molecule has 0 N–H and O–H groups in total. The first kappa shape index (κ1) is 20.7. The first-order valence-electron chi connectivity index (χ1n) is 11.9. The lowest BCUT2D eigenvalue weighted by molar-refractivity contribution is -0.104. The Balaban J connectivity index is 1.55. The molecule has 1 nitrogen and oxygen atoms in total. The molecule has 3 aliphatic rings. The zero-order valence-electron chi connectivity index (χ0n) is 19.1. The third kappa shape index (κ3) is 3.76. The van der Waals surface area contributed by atoms with E-state index in [0.717, 1.165) is 53.6 Å². The van der Waals surface area contributed by atoms with E-state index in [1.807, 2.05) is 0 Å². The number of rotatable bonds is 7. The van der Waals surface area contributed by atoms with Crippen molar-refractivity contribution in [2.45, 2.75) is 118 Å². The van der Waals surface area contributed by atoms with Crippen molar-refractivity contribution in [3.05, 3.63) is 0 Å². The molecule has 0 aromatic rings. The van der Waals surface area contributed by atoms with E-state index >= 15 is 0 Å². The van der Waals surface area contributed by atoms with Crippen molar-refractivity contribution < 1.29 is 0 Å². The molecule has 0 saturated heterocycles. The Bertz CT molecular complexity index is 445. The molecule has 3 atom stereocenters. The molecule has 0 amide bonds. The summed E-state index contributed by atoms with van der Waals surface area (Å²) in [6.45, 7) is 19.6. The number of hydrogen-bond donors (Lipinski definition) is 0. The van der Waals surface area contributed by atoms with Gasteiger partial charge in [-0.1, -0.05) is 55.4 Å². The molecule has 1 heteroatoms. The summed E-state index contributed by atoms with van der Waals surface area (Å²) in [6, 6.07) is 2.60. The maximum Gasteiger partial charge on any atom is 0.0132 e. The van der Waals surface area contributed by atoms with Crippen LogP contribution in [0, 0.1) is 40.9 Å². The van der Waals surface area contributed by atoms with Gasteiger partial charge in [0.25, 0.3) is 0 Å². The van der Waals surface area contributed by atoms with Crippen molar-refractivity contribution in [1.82, 2.24) is 4.90 Å². The minimum atomic E-state index is 0.536. The van der Waals surface area contributed by atoms with Crippen LogP contribution in [0.3, 0.4) is 0 Å². The van der Waals surface area contributed by atoms with Crippen LogP contribution in [-0.2, 0) is 0 Å². The van der Waals surface area contributed by atoms with E-state index in [1.54, 1.807) is 0 Å². The van der Waals surface area contributed by atoms with Gasteiger partial charge in [0.1, 0.15) is 0 Å². The van der Waals surface area contributed by atoms with Gasteiger partial charge in [-0.25, -0.2) is 0 Å². The van der Waals surface area contributed by atoms with Crippen LogP contribution in [0.1, 0.15) is 100 Å². The summed E-state index contributed by atoms with van der Waals surface area (Å²) in [5, 5.41) is 0. The average molecular weight is 362 g/mol. The summed E-state index contributed by atoms with van der Waals surface area (Å²) in [5.74, 6) is 5.83. The molecular weight excluding hydrogens is 314 g/mol. The molecule has 3 rings (SSSR count). The number of nitrogens with zero attached hydrogens (tertiary/aromatic N) is 1. The monoisotopic (exact) mass is 361 g/mol. The average Bonchev–Trinajstić information content (AvgIpc) is 2.45. The Morgan fingerprint density at radius 2 is 1.42 bits per heavy atom. The predicted octanol–water partition coefficient (Wildman–Crippen LogP) is 7.01. The lowest BCUT2D eigenvalue weighted by atomic mass is 9.55. The van der Waals surface area contributed by atoms with Crippen LogP contribution in [0.5, 0.6) is 0 Å². The Morgan fingerprint density at radius 1 is 0.885 bits per heavy atom. The Morgan fingerprint density at radius 3 is 1.85 bits per heavy atom. The van der Waals surface area contributed by atoms with Crippen LogP contribution >= 0.6 is 0 Å². The van der Waals surface area contributed by atoms with E-state index < -0.39 is 0 Å². The van der Waals surface area contributed by atoms with Crippen molar-refractivity contribution in [3.63, 3.8) is 0 Å². The van der Waals surface area contributed by atoms with Gasteiger partial charge in [0.2, 0.25) is 0 Å². The lowest BCUT2D eigenvalue weighted by Crippen LogP contribution is -2.62. The standard InChI is InChI=1S/C25H47N/c1-9-21(10-2)26(24-15-23(16(3)4)17(24)5)22-13-19(14-22)18-11-20(12-18)25(6,7)8/h16-24H,9-15H2,1-8H3. The van der Waals surface area contributed by atoms with E-state index in [0.29, 0.717) is 5.41 Å². The van der Waals surface area contributed by atoms with E-state index in [1.165, 1.54) is 44.9 Å². The van der Waals surface area contributed by atoms with Crippen molar-refractivity contribution in [2.75, 3.05) is 0 Å². The molecule has 0 bridgehead atoms. The maximum absolute atomic E-state index is 3.04. The summed E-state index contributed by atoms with van der Waals surface area (Å²) in [6.07, 6.45) is 10.2. The second-order valence-electron chi connectivity index (χ2n) is 11.7. The van der Waals surface area contributed by atoms with Crippen LogP contribution in [0.2, 0.25) is 0 Å². The molecule has 3 fully saturated rings. The van der Waals surface area contributed by atoms with E-state index in [9.17, 15) is 0 Å². The Labute approximate surface area is 164 Å². The fourth-order valence-corrected chi connectivity index (χ4v) is 6.63.